The van der Waals surface area contributed by atoms with Gasteiger partial charge < -0.3 is 14.6 Å². The summed E-state index contributed by atoms with van der Waals surface area (Å²) in [5.74, 6) is -0.846. The quantitative estimate of drug-likeness (QED) is 0.934. The number of rotatable bonds is 4. The number of likely N-dealkylation sites (tertiary alicyclic amines) is 1. The van der Waals surface area contributed by atoms with E-state index >= 15 is 0 Å². The number of likely N-dealkylation sites (N-methyl/N-ethyl adjacent to an activating group) is 1. The van der Waals surface area contributed by atoms with Crippen LogP contribution in [0.25, 0.3) is 10.9 Å². The van der Waals surface area contributed by atoms with Gasteiger partial charge in [0.1, 0.15) is 0 Å². The monoisotopic (exact) mass is 300 g/mol. The van der Waals surface area contributed by atoms with Gasteiger partial charge in [0.15, 0.2) is 0 Å². The van der Waals surface area contributed by atoms with Crippen molar-refractivity contribution in [3.05, 3.63) is 36.0 Å². The van der Waals surface area contributed by atoms with E-state index in [1.54, 1.807) is 0 Å². The Balaban J connectivity index is 2.09. The van der Waals surface area contributed by atoms with Gasteiger partial charge in [0.05, 0.1) is 5.56 Å². The third kappa shape index (κ3) is 2.52. The molecule has 4 nitrogen and oxygen atoms in total. The van der Waals surface area contributed by atoms with E-state index in [9.17, 15) is 9.90 Å². The fraction of sp³-hybridized carbons (Fsp3) is 0.500. The number of hydrogen-bond donors (Lipinski definition) is 1. The zero-order valence-corrected chi connectivity index (χ0v) is 13.3. The summed E-state index contributed by atoms with van der Waals surface area (Å²) in [6.45, 7) is 3.33. The van der Waals surface area contributed by atoms with Crippen LogP contribution in [0.15, 0.2) is 30.5 Å². The Morgan fingerprint density at radius 1 is 1.36 bits per heavy atom. The molecule has 1 aromatic heterocycles. The van der Waals surface area contributed by atoms with Crippen molar-refractivity contribution in [2.45, 2.75) is 44.7 Å². The van der Waals surface area contributed by atoms with Crippen molar-refractivity contribution in [2.75, 3.05) is 13.6 Å². The van der Waals surface area contributed by atoms with Crippen molar-refractivity contribution in [2.24, 2.45) is 0 Å². The lowest BCUT2D eigenvalue weighted by molar-refractivity contribution is 0.0698. The van der Waals surface area contributed by atoms with E-state index in [1.165, 1.54) is 19.3 Å². The van der Waals surface area contributed by atoms with Gasteiger partial charge in [-0.25, -0.2) is 4.79 Å². The van der Waals surface area contributed by atoms with E-state index in [2.05, 4.69) is 23.4 Å². The number of hydrogen-bond acceptors (Lipinski definition) is 2. The molecule has 2 unspecified atom stereocenters. The number of aromatic nitrogens is 1. The molecule has 0 radical (unpaired) electrons. The highest BCUT2D eigenvalue weighted by Gasteiger charge is 2.29. The van der Waals surface area contributed by atoms with Crippen LogP contribution in [0, 0.1) is 0 Å². The first-order valence-electron chi connectivity index (χ1n) is 8.16. The van der Waals surface area contributed by atoms with E-state index in [-0.39, 0.29) is 0 Å². The summed E-state index contributed by atoms with van der Waals surface area (Å²) >= 11 is 0. The van der Waals surface area contributed by atoms with E-state index in [1.807, 2.05) is 30.5 Å². The predicted octanol–water partition coefficient (Wildman–Crippen LogP) is 3.77. The number of benzene rings is 1. The summed E-state index contributed by atoms with van der Waals surface area (Å²) in [6, 6.07) is 8.65. The molecule has 1 aliphatic rings. The third-order valence-corrected chi connectivity index (χ3v) is 5.02. The normalized spacial score (nSPS) is 21.1. The topological polar surface area (TPSA) is 45.5 Å². The van der Waals surface area contributed by atoms with Gasteiger partial charge in [0, 0.05) is 29.2 Å². The average molecular weight is 300 g/mol. The van der Waals surface area contributed by atoms with Gasteiger partial charge in [-0.1, -0.05) is 31.5 Å². The fourth-order valence-electron chi connectivity index (χ4n) is 3.89. The molecule has 1 fully saturated rings. The Labute approximate surface area is 131 Å². The number of para-hydroxylation sites is 1. The second-order valence-electron chi connectivity index (χ2n) is 6.29. The Bertz CT molecular complexity index is 677. The van der Waals surface area contributed by atoms with E-state index in [0.717, 1.165) is 23.9 Å². The van der Waals surface area contributed by atoms with Crippen LogP contribution in [-0.4, -0.2) is 40.2 Å². The van der Waals surface area contributed by atoms with Crippen LogP contribution in [0.3, 0.4) is 0 Å². The number of nitrogens with zero attached hydrogens (tertiary/aromatic N) is 2. The van der Waals surface area contributed by atoms with Crippen LogP contribution in [0.5, 0.6) is 0 Å². The molecule has 4 heteroatoms. The van der Waals surface area contributed by atoms with E-state index < -0.39 is 5.97 Å². The third-order valence-electron chi connectivity index (χ3n) is 5.02. The molecule has 2 atom stereocenters. The lowest BCUT2D eigenvalue weighted by atomic mass is 9.94. The van der Waals surface area contributed by atoms with E-state index in [4.69, 9.17) is 0 Å². The van der Waals surface area contributed by atoms with Crippen LogP contribution >= 0.6 is 0 Å². The Kier molecular flexibility index (Phi) is 4.21. The Morgan fingerprint density at radius 3 is 2.82 bits per heavy atom. The van der Waals surface area contributed by atoms with Gasteiger partial charge in [0.2, 0.25) is 0 Å². The standard InChI is InChI=1S/C18H24N2O2/c1-3-15(17-10-6-7-11-19(17)2)20-12-14(18(21)22)13-8-4-5-9-16(13)20/h4-5,8-9,12,15,17H,3,6-7,10-11H2,1-2H3,(H,21,22). The summed E-state index contributed by atoms with van der Waals surface area (Å²) in [7, 11) is 2.19. The maximum absolute atomic E-state index is 11.6. The number of carbonyl (C=O) groups is 1. The zero-order valence-electron chi connectivity index (χ0n) is 13.3. The number of piperidine rings is 1. The minimum Gasteiger partial charge on any atom is -0.478 e. The molecule has 0 saturated carbocycles. The smallest absolute Gasteiger partial charge is 0.337 e. The number of carboxylic acids is 1. The summed E-state index contributed by atoms with van der Waals surface area (Å²) in [6.07, 6.45) is 6.55. The van der Waals surface area contributed by atoms with E-state index in [0.29, 0.717) is 17.6 Å². The fourth-order valence-corrected chi connectivity index (χ4v) is 3.89. The molecule has 0 aliphatic carbocycles. The molecule has 22 heavy (non-hydrogen) atoms. The largest absolute Gasteiger partial charge is 0.478 e. The molecule has 1 saturated heterocycles. The first-order valence-corrected chi connectivity index (χ1v) is 8.16. The van der Waals surface area contributed by atoms with Crippen molar-refractivity contribution in [3.8, 4) is 0 Å². The number of fused-ring (bicyclic) bond motifs is 1. The Morgan fingerprint density at radius 2 is 2.14 bits per heavy atom. The molecule has 1 N–H and O–H groups in total. The van der Waals surface area contributed by atoms with Crippen LogP contribution < -0.4 is 0 Å². The van der Waals surface area contributed by atoms with Gasteiger partial charge in [-0.15, -0.1) is 0 Å². The summed E-state index contributed by atoms with van der Waals surface area (Å²) in [4.78, 5) is 14.0. The highest BCUT2D eigenvalue weighted by atomic mass is 16.4. The molecule has 1 aliphatic heterocycles. The molecule has 2 heterocycles. The minimum atomic E-state index is -0.846. The number of carboxylic acid groups (broad SMARTS) is 1. The second-order valence-corrected chi connectivity index (χ2v) is 6.29. The lowest BCUT2D eigenvalue weighted by Gasteiger charge is -2.38. The van der Waals surface area contributed by atoms with Gasteiger partial charge in [-0.2, -0.15) is 0 Å². The highest BCUT2D eigenvalue weighted by molar-refractivity contribution is 6.03. The van der Waals surface area contributed by atoms with Crippen LogP contribution in [-0.2, 0) is 0 Å². The highest BCUT2D eigenvalue weighted by Crippen LogP contribution is 2.32. The molecule has 1 aromatic carbocycles. The molecule has 0 spiro atoms. The maximum atomic E-state index is 11.6. The van der Waals surface area contributed by atoms with Crippen molar-refractivity contribution >= 4 is 16.9 Å². The number of aromatic carboxylic acids is 1. The molecule has 118 valence electrons. The van der Waals surface area contributed by atoms with Crippen molar-refractivity contribution in [1.29, 1.82) is 0 Å². The summed E-state index contributed by atoms with van der Waals surface area (Å²) in [5.41, 5.74) is 1.44. The lowest BCUT2D eigenvalue weighted by Crippen LogP contribution is -2.42. The molecule has 3 rings (SSSR count). The van der Waals surface area contributed by atoms with Crippen molar-refractivity contribution < 1.29 is 9.90 Å². The predicted molar refractivity (Wildman–Crippen MR) is 88.5 cm³/mol. The molecule has 0 bridgehead atoms. The van der Waals surface area contributed by atoms with Crippen LogP contribution in [0.2, 0.25) is 0 Å². The van der Waals surface area contributed by atoms with Gasteiger partial charge in [-0.3, -0.25) is 0 Å². The summed E-state index contributed by atoms with van der Waals surface area (Å²) in [5, 5.41) is 10.3. The van der Waals surface area contributed by atoms with Crippen molar-refractivity contribution in [3.63, 3.8) is 0 Å². The first kappa shape index (κ1) is 15.1. The van der Waals surface area contributed by atoms with Crippen molar-refractivity contribution in [1.82, 2.24) is 9.47 Å². The average Bonchev–Trinajstić information content (AvgIpc) is 2.90. The summed E-state index contributed by atoms with van der Waals surface area (Å²) < 4.78 is 2.20. The van der Waals surface area contributed by atoms with Gasteiger partial charge >= 0.3 is 5.97 Å². The molecular weight excluding hydrogens is 276 g/mol. The molecule has 0 amide bonds. The zero-order chi connectivity index (χ0) is 15.7. The maximum Gasteiger partial charge on any atom is 0.337 e. The molecular formula is C18H24N2O2. The van der Waals surface area contributed by atoms with Crippen LogP contribution in [0.1, 0.15) is 49.0 Å². The first-order chi connectivity index (χ1) is 10.6. The van der Waals surface area contributed by atoms with Gasteiger partial charge in [0.25, 0.3) is 0 Å². The SMILES string of the molecule is CCC(C1CCCCN1C)n1cc(C(=O)O)c2ccccc21. The second kappa shape index (κ2) is 6.13. The molecule has 2 aromatic rings. The minimum absolute atomic E-state index is 0.322. The Hall–Kier alpha value is -1.81. The van der Waals surface area contributed by atoms with Gasteiger partial charge in [-0.05, 0) is 38.9 Å². The van der Waals surface area contributed by atoms with Crippen LogP contribution in [0.4, 0.5) is 0 Å².